The second kappa shape index (κ2) is 11.2. The van der Waals surface area contributed by atoms with Crippen molar-refractivity contribution in [3.8, 4) is 11.5 Å². The Balaban J connectivity index is 1.60. The molecular formula is C25H29FN4O5. The van der Waals surface area contributed by atoms with Crippen LogP contribution in [0.4, 0.5) is 14.9 Å². The summed E-state index contributed by atoms with van der Waals surface area (Å²) in [5.74, 6) is 0.498. The van der Waals surface area contributed by atoms with Crippen molar-refractivity contribution in [1.82, 2.24) is 14.8 Å². The number of para-hydroxylation sites is 1. The van der Waals surface area contributed by atoms with E-state index in [1.165, 1.54) is 31.3 Å². The van der Waals surface area contributed by atoms with Crippen molar-refractivity contribution in [2.45, 2.75) is 6.54 Å². The maximum absolute atomic E-state index is 14.2. The van der Waals surface area contributed by atoms with Gasteiger partial charge in [0.1, 0.15) is 5.82 Å². The van der Waals surface area contributed by atoms with Crippen molar-refractivity contribution >= 4 is 22.6 Å². The number of pyridine rings is 1. The number of morpholine rings is 1. The lowest BCUT2D eigenvalue weighted by atomic mass is 10.1. The second-order valence-electron chi connectivity index (χ2n) is 8.20. The molecule has 0 radical (unpaired) electrons. The van der Waals surface area contributed by atoms with Crippen molar-refractivity contribution < 1.29 is 23.4 Å². The Morgan fingerprint density at radius 2 is 1.86 bits per heavy atom. The standard InChI is InChI=1S/C25H29FN4O5/c1-33-22-14-17-13-18(24(31)27-21(17)15-23(22)34-2)16-30(8-7-29-9-11-35-12-10-29)25(32)28-20-6-4-3-5-19(20)26/h3-6,13-15H,7-12,16H2,1-2H3,(H,27,31)(H,28,32). The molecule has 0 spiro atoms. The number of aromatic nitrogens is 1. The Kier molecular flexibility index (Phi) is 7.84. The van der Waals surface area contributed by atoms with Crippen molar-refractivity contribution in [3.63, 3.8) is 0 Å². The average molecular weight is 485 g/mol. The van der Waals surface area contributed by atoms with E-state index in [1.807, 2.05) is 0 Å². The molecule has 10 heteroatoms. The zero-order valence-corrected chi connectivity index (χ0v) is 19.8. The molecule has 35 heavy (non-hydrogen) atoms. The Labute approximate surface area is 202 Å². The van der Waals surface area contributed by atoms with Crippen molar-refractivity contribution in [1.29, 1.82) is 0 Å². The van der Waals surface area contributed by atoms with Gasteiger partial charge in [0.05, 0.1) is 45.2 Å². The quantitative estimate of drug-likeness (QED) is 0.510. The number of aromatic amines is 1. The molecule has 2 aromatic carbocycles. The van der Waals surface area contributed by atoms with E-state index in [9.17, 15) is 14.0 Å². The van der Waals surface area contributed by atoms with E-state index in [-0.39, 0.29) is 17.8 Å². The highest BCUT2D eigenvalue weighted by Crippen LogP contribution is 2.31. The maximum atomic E-state index is 14.2. The van der Waals surface area contributed by atoms with Gasteiger partial charge >= 0.3 is 6.03 Å². The summed E-state index contributed by atoms with van der Waals surface area (Å²) in [6, 6.07) is 10.7. The number of urea groups is 1. The fourth-order valence-electron chi connectivity index (χ4n) is 4.00. The Hall–Kier alpha value is -3.63. The van der Waals surface area contributed by atoms with Gasteiger partial charge < -0.3 is 29.4 Å². The van der Waals surface area contributed by atoms with E-state index in [4.69, 9.17) is 14.2 Å². The summed E-state index contributed by atoms with van der Waals surface area (Å²) < 4.78 is 30.2. The molecule has 1 saturated heterocycles. The molecule has 3 aromatic rings. The van der Waals surface area contributed by atoms with Crippen molar-refractivity contribution in [2.75, 3.05) is 58.9 Å². The number of H-pyrrole nitrogens is 1. The number of benzene rings is 2. The molecule has 0 saturated carbocycles. The van der Waals surface area contributed by atoms with Crippen LogP contribution in [0.15, 0.2) is 47.3 Å². The predicted octanol–water partition coefficient (Wildman–Crippen LogP) is 3.05. The van der Waals surface area contributed by atoms with Gasteiger partial charge in [0.15, 0.2) is 11.5 Å². The number of nitrogens with zero attached hydrogens (tertiary/aromatic N) is 2. The lowest BCUT2D eigenvalue weighted by Crippen LogP contribution is -2.44. The van der Waals surface area contributed by atoms with E-state index in [2.05, 4.69) is 15.2 Å². The van der Waals surface area contributed by atoms with Gasteiger partial charge in [-0.15, -0.1) is 0 Å². The summed E-state index contributed by atoms with van der Waals surface area (Å²) in [4.78, 5) is 32.6. The molecule has 2 heterocycles. The number of amides is 2. The molecule has 2 amide bonds. The predicted molar refractivity (Wildman–Crippen MR) is 131 cm³/mol. The molecule has 9 nitrogen and oxygen atoms in total. The molecule has 1 aliphatic rings. The van der Waals surface area contributed by atoms with Gasteiger partial charge in [-0.05, 0) is 24.3 Å². The summed E-state index contributed by atoms with van der Waals surface area (Å²) >= 11 is 0. The van der Waals surface area contributed by atoms with Crippen LogP contribution in [0.1, 0.15) is 5.56 Å². The van der Waals surface area contributed by atoms with Gasteiger partial charge in [-0.2, -0.15) is 0 Å². The molecule has 0 bridgehead atoms. The third-order valence-corrected chi connectivity index (χ3v) is 5.98. The highest BCUT2D eigenvalue weighted by Gasteiger charge is 2.20. The lowest BCUT2D eigenvalue weighted by Gasteiger charge is -2.30. The number of fused-ring (bicyclic) bond motifs is 1. The smallest absolute Gasteiger partial charge is 0.322 e. The number of methoxy groups -OCH3 is 2. The number of halogens is 1. The van der Waals surface area contributed by atoms with Crippen LogP contribution in [0.5, 0.6) is 11.5 Å². The van der Waals surface area contributed by atoms with Crippen molar-refractivity contribution in [2.24, 2.45) is 0 Å². The number of carbonyl (C=O) groups is 1. The molecule has 2 N–H and O–H groups in total. The second-order valence-corrected chi connectivity index (χ2v) is 8.20. The first kappa shape index (κ1) is 24.5. The Morgan fingerprint density at radius 1 is 1.14 bits per heavy atom. The summed E-state index contributed by atoms with van der Waals surface area (Å²) in [7, 11) is 3.06. The maximum Gasteiger partial charge on any atom is 0.322 e. The summed E-state index contributed by atoms with van der Waals surface area (Å²) in [5, 5.41) is 3.36. The van der Waals surface area contributed by atoms with Crippen LogP contribution in [0.3, 0.4) is 0 Å². The molecule has 1 fully saturated rings. The van der Waals surface area contributed by atoms with Gasteiger partial charge in [0, 0.05) is 43.2 Å². The largest absolute Gasteiger partial charge is 0.493 e. The molecule has 0 atom stereocenters. The minimum absolute atomic E-state index is 0.0459. The zero-order valence-electron chi connectivity index (χ0n) is 19.8. The summed E-state index contributed by atoms with van der Waals surface area (Å²) in [5.41, 5.74) is 0.750. The minimum Gasteiger partial charge on any atom is -0.493 e. The topological polar surface area (TPSA) is 96.1 Å². The first-order valence-corrected chi connectivity index (χ1v) is 11.4. The van der Waals surface area contributed by atoms with E-state index in [1.54, 1.807) is 30.3 Å². The SMILES string of the molecule is COc1cc2cc(CN(CCN3CCOCC3)C(=O)Nc3ccccc3F)c(=O)[nH]c2cc1OC. The molecular weight excluding hydrogens is 455 g/mol. The third kappa shape index (κ3) is 5.90. The van der Waals surface area contributed by atoms with Crippen molar-refractivity contribution in [3.05, 3.63) is 64.2 Å². The van der Waals surface area contributed by atoms with E-state index >= 15 is 0 Å². The Morgan fingerprint density at radius 3 is 2.57 bits per heavy atom. The van der Waals surface area contributed by atoms with Crippen LogP contribution in [0.25, 0.3) is 10.9 Å². The van der Waals surface area contributed by atoms with E-state index in [0.717, 1.165) is 18.5 Å². The van der Waals surface area contributed by atoms with E-state index in [0.29, 0.717) is 48.9 Å². The fraction of sp³-hybridized carbons (Fsp3) is 0.360. The number of anilines is 1. The first-order chi connectivity index (χ1) is 17.0. The zero-order chi connectivity index (χ0) is 24.8. The fourth-order valence-corrected chi connectivity index (χ4v) is 4.00. The van der Waals surface area contributed by atoms with Gasteiger partial charge in [-0.25, -0.2) is 9.18 Å². The van der Waals surface area contributed by atoms with Crippen LogP contribution in [0, 0.1) is 5.82 Å². The third-order valence-electron chi connectivity index (χ3n) is 5.98. The van der Waals surface area contributed by atoms with Crippen LogP contribution in [0.2, 0.25) is 0 Å². The van der Waals surface area contributed by atoms with Crippen LogP contribution in [-0.2, 0) is 11.3 Å². The normalized spacial score (nSPS) is 14.0. The lowest BCUT2D eigenvalue weighted by molar-refractivity contribution is 0.0349. The van der Waals surface area contributed by atoms with Gasteiger partial charge in [-0.3, -0.25) is 9.69 Å². The monoisotopic (exact) mass is 484 g/mol. The van der Waals surface area contributed by atoms with Gasteiger partial charge in [0.2, 0.25) is 0 Å². The number of rotatable bonds is 8. The highest BCUT2D eigenvalue weighted by atomic mass is 19.1. The molecule has 4 rings (SSSR count). The van der Waals surface area contributed by atoms with Crippen LogP contribution >= 0.6 is 0 Å². The van der Waals surface area contributed by atoms with Crippen LogP contribution < -0.4 is 20.3 Å². The average Bonchev–Trinajstić information content (AvgIpc) is 2.87. The molecule has 1 aliphatic heterocycles. The number of carbonyl (C=O) groups excluding carboxylic acids is 1. The highest BCUT2D eigenvalue weighted by molar-refractivity contribution is 5.89. The van der Waals surface area contributed by atoms with E-state index < -0.39 is 11.8 Å². The summed E-state index contributed by atoms with van der Waals surface area (Å²) in [6.45, 7) is 3.80. The first-order valence-electron chi connectivity index (χ1n) is 11.4. The number of ether oxygens (including phenoxy) is 3. The molecule has 1 aromatic heterocycles. The Bertz CT molecular complexity index is 1240. The van der Waals surface area contributed by atoms with Gasteiger partial charge in [0.25, 0.3) is 5.56 Å². The molecule has 186 valence electrons. The molecule has 0 unspecified atom stereocenters. The minimum atomic E-state index is -0.529. The summed E-state index contributed by atoms with van der Waals surface area (Å²) in [6.07, 6.45) is 0. The molecule has 0 aliphatic carbocycles. The van der Waals surface area contributed by atoms with Crippen LogP contribution in [-0.4, -0.2) is 74.4 Å². The number of hydrogen-bond acceptors (Lipinski definition) is 6. The number of hydrogen-bond donors (Lipinski definition) is 2. The van der Waals surface area contributed by atoms with Gasteiger partial charge in [-0.1, -0.05) is 12.1 Å². The number of nitrogens with one attached hydrogen (secondary N) is 2.